The first-order valence-electron chi connectivity index (χ1n) is 11.7. The van der Waals surface area contributed by atoms with Crippen LogP contribution >= 0.6 is 0 Å². The number of hydrogen-bond acceptors (Lipinski definition) is 4. The van der Waals surface area contributed by atoms with Gasteiger partial charge in [-0.25, -0.2) is 18.4 Å². The Labute approximate surface area is 203 Å². The van der Waals surface area contributed by atoms with Gasteiger partial charge in [0.2, 0.25) is 0 Å². The van der Waals surface area contributed by atoms with Crippen molar-refractivity contribution in [2.75, 3.05) is 13.7 Å². The van der Waals surface area contributed by atoms with E-state index in [2.05, 4.69) is 11.9 Å². The van der Waals surface area contributed by atoms with Crippen molar-refractivity contribution in [2.24, 2.45) is 5.92 Å². The van der Waals surface area contributed by atoms with E-state index in [0.29, 0.717) is 24.7 Å². The third kappa shape index (κ3) is 7.97. The molecule has 35 heavy (non-hydrogen) atoms. The minimum absolute atomic E-state index is 0.265. The lowest BCUT2D eigenvalue weighted by molar-refractivity contribution is -0.134. The summed E-state index contributed by atoms with van der Waals surface area (Å²) in [6.45, 7) is 0.660. The molecule has 0 aliphatic carbocycles. The average Bonchev–Trinajstić information content (AvgIpc) is 3.03. The zero-order chi connectivity index (χ0) is 25.4. The Bertz CT molecular complexity index is 934. The topological polar surface area (TPSA) is 87.1 Å². The summed E-state index contributed by atoms with van der Waals surface area (Å²) in [5.41, 5.74) is 1.79. The highest BCUT2D eigenvalue weighted by Crippen LogP contribution is 2.39. The fourth-order valence-electron chi connectivity index (χ4n) is 4.92. The molecule has 0 aromatic heterocycles. The van der Waals surface area contributed by atoms with E-state index in [1.807, 2.05) is 0 Å². The first kappa shape index (κ1) is 26.5. The lowest BCUT2D eigenvalue weighted by atomic mass is 9.89. The molecule has 0 saturated carbocycles. The molecule has 0 amide bonds. The number of carboxylic acids is 2. The summed E-state index contributed by atoms with van der Waals surface area (Å²) in [6.07, 6.45) is 7.03. The highest BCUT2D eigenvalue weighted by atomic mass is 19.1. The summed E-state index contributed by atoms with van der Waals surface area (Å²) in [7, 11) is 2.26. The van der Waals surface area contributed by atoms with Crippen LogP contribution in [0.15, 0.2) is 60.7 Å². The molecule has 2 atom stereocenters. The number of nitrogens with zero attached hydrogens (tertiary/aromatic N) is 1. The number of carbonyl (C=O) groups is 2. The van der Waals surface area contributed by atoms with Gasteiger partial charge in [-0.05, 0) is 80.5 Å². The molecule has 2 aromatic rings. The van der Waals surface area contributed by atoms with E-state index in [9.17, 15) is 18.4 Å². The molecule has 188 valence electrons. The van der Waals surface area contributed by atoms with E-state index in [0.717, 1.165) is 29.6 Å². The van der Waals surface area contributed by atoms with E-state index < -0.39 is 11.9 Å². The van der Waals surface area contributed by atoms with Gasteiger partial charge in [-0.3, -0.25) is 0 Å². The van der Waals surface area contributed by atoms with E-state index in [-0.39, 0.29) is 17.7 Å². The van der Waals surface area contributed by atoms with Crippen LogP contribution < -0.4 is 0 Å². The normalized spacial score (nSPS) is 21.7. The van der Waals surface area contributed by atoms with Crippen LogP contribution in [0.5, 0.6) is 0 Å². The molecule has 8 heteroatoms. The molecule has 0 radical (unpaired) electrons. The fourth-order valence-corrected chi connectivity index (χ4v) is 4.92. The highest BCUT2D eigenvalue weighted by Gasteiger charge is 2.38. The van der Waals surface area contributed by atoms with Crippen molar-refractivity contribution in [2.45, 2.75) is 50.3 Å². The predicted molar refractivity (Wildman–Crippen MR) is 127 cm³/mol. The van der Waals surface area contributed by atoms with Gasteiger partial charge in [-0.1, -0.05) is 24.3 Å². The summed E-state index contributed by atoms with van der Waals surface area (Å²) in [5, 5.41) is 15.6. The van der Waals surface area contributed by atoms with Crippen molar-refractivity contribution < 1.29 is 33.3 Å². The van der Waals surface area contributed by atoms with Crippen LogP contribution in [0, 0.1) is 17.6 Å². The molecule has 0 spiro atoms. The number of aliphatic carboxylic acids is 2. The second-order valence-electron chi connectivity index (χ2n) is 9.04. The number of ether oxygens (including phenoxy) is 1. The SMILES string of the molecule is CN1C2CCC1CC(CCOC(c1ccc(F)cc1)c1ccc(F)cc1)C2.O=C(O)/C=C/C(=O)O. The van der Waals surface area contributed by atoms with Crippen LogP contribution in [0.25, 0.3) is 0 Å². The van der Waals surface area contributed by atoms with Crippen LogP contribution in [0.3, 0.4) is 0 Å². The lowest BCUT2D eigenvalue weighted by Gasteiger charge is -2.36. The molecule has 2 aliphatic heterocycles. The quantitative estimate of drug-likeness (QED) is 0.507. The maximum atomic E-state index is 13.3. The summed E-state index contributed by atoms with van der Waals surface area (Å²) in [6, 6.07) is 14.3. The van der Waals surface area contributed by atoms with Crippen LogP contribution in [0.1, 0.15) is 49.3 Å². The van der Waals surface area contributed by atoms with Crippen molar-refractivity contribution in [1.82, 2.24) is 4.90 Å². The third-order valence-electron chi connectivity index (χ3n) is 6.72. The number of hydrogen-bond donors (Lipinski definition) is 2. The molecule has 2 fully saturated rings. The smallest absolute Gasteiger partial charge is 0.328 e. The summed E-state index contributed by atoms with van der Waals surface area (Å²) >= 11 is 0. The standard InChI is InChI=1S/C23H27F2NO.C4H4O4/c1-26-21-10-11-22(26)15-16(14-21)12-13-27-23(17-2-6-19(24)7-3-17)18-4-8-20(25)9-5-18;5-3(6)1-2-4(7)8/h2-9,16,21-23H,10-15H2,1H3;1-2H,(H,5,6)(H,7,8)/b;2-1+. The molecule has 2 heterocycles. The number of rotatable bonds is 8. The van der Waals surface area contributed by atoms with Gasteiger partial charge in [-0.2, -0.15) is 0 Å². The van der Waals surface area contributed by atoms with Crippen LogP contribution in [-0.2, 0) is 14.3 Å². The van der Waals surface area contributed by atoms with Crippen molar-refractivity contribution in [3.63, 3.8) is 0 Å². The van der Waals surface area contributed by atoms with Gasteiger partial charge in [0.15, 0.2) is 0 Å². The first-order chi connectivity index (χ1) is 16.7. The van der Waals surface area contributed by atoms with Gasteiger partial charge in [0.1, 0.15) is 17.7 Å². The van der Waals surface area contributed by atoms with Gasteiger partial charge >= 0.3 is 11.9 Å². The summed E-state index contributed by atoms with van der Waals surface area (Å²) in [5.74, 6) is -2.34. The Balaban J connectivity index is 0.000000371. The molecule has 2 unspecified atom stereocenters. The molecule has 2 aliphatic rings. The number of carboxylic acid groups (broad SMARTS) is 2. The summed E-state index contributed by atoms with van der Waals surface area (Å²) in [4.78, 5) is 21.7. The maximum absolute atomic E-state index is 13.3. The largest absolute Gasteiger partial charge is 0.478 e. The van der Waals surface area contributed by atoms with Crippen LogP contribution in [0.4, 0.5) is 8.78 Å². The monoisotopic (exact) mass is 487 g/mol. The highest BCUT2D eigenvalue weighted by molar-refractivity contribution is 5.89. The molecule has 2 aromatic carbocycles. The number of benzene rings is 2. The average molecular weight is 488 g/mol. The Hall–Kier alpha value is -3.10. The first-order valence-corrected chi connectivity index (χ1v) is 11.7. The van der Waals surface area contributed by atoms with Gasteiger partial charge in [-0.15, -0.1) is 0 Å². The van der Waals surface area contributed by atoms with E-state index in [1.165, 1.54) is 49.9 Å². The molecular formula is C27H31F2NO5. The number of fused-ring (bicyclic) bond motifs is 2. The molecule has 2 saturated heterocycles. The minimum Gasteiger partial charge on any atom is -0.478 e. The van der Waals surface area contributed by atoms with E-state index in [1.54, 1.807) is 24.3 Å². The van der Waals surface area contributed by atoms with Gasteiger partial charge in [0.25, 0.3) is 0 Å². The number of piperidine rings is 1. The van der Waals surface area contributed by atoms with Crippen molar-refractivity contribution >= 4 is 11.9 Å². The number of halogens is 2. The molecule has 2 bridgehead atoms. The van der Waals surface area contributed by atoms with Crippen molar-refractivity contribution in [1.29, 1.82) is 0 Å². The Morgan fingerprint density at radius 3 is 1.74 bits per heavy atom. The summed E-state index contributed by atoms with van der Waals surface area (Å²) < 4.78 is 32.9. The zero-order valence-corrected chi connectivity index (χ0v) is 19.6. The third-order valence-corrected chi connectivity index (χ3v) is 6.72. The van der Waals surface area contributed by atoms with Gasteiger partial charge < -0.3 is 19.8 Å². The molecule has 4 rings (SSSR count). The molecule has 2 N–H and O–H groups in total. The molecular weight excluding hydrogens is 456 g/mol. The second kappa shape index (κ2) is 12.6. The molecule has 6 nitrogen and oxygen atoms in total. The Morgan fingerprint density at radius 2 is 1.34 bits per heavy atom. The van der Waals surface area contributed by atoms with E-state index in [4.69, 9.17) is 14.9 Å². The zero-order valence-electron chi connectivity index (χ0n) is 19.6. The fraction of sp³-hybridized carbons (Fsp3) is 0.407. The Morgan fingerprint density at radius 1 is 0.914 bits per heavy atom. The lowest BCUT2D eigenvalue weighted by Crippen LogP contribution is -2.40. The van der Waals surface area contributed by atoms with Crippen LogP contribution in [-0.4, -0.2) is 52.8 Å². The minimum atomic E-state index is -1.26. The van der Waals surface area contributed by atoms with Gasteiger partial charge in [0, 0.05) is 30.8 Å². The van der Waals surface area contributed by atoms with Crippen molar-refractivity contribution in [3.8, 4) is 0 Å². The van der Waals surface area contributed by atoms with E-state index >= 15 is 0 Å². The van der Waals surface area contributed by atoms with Gasteiger partial charge in [0.05, 0.1) is 0 Å². The maximum Gasteiger partial charge on any atom is 0.328 e. The predicted octanol–water partition coefficient (Wildman–Crippen LogP) is 5.05. The second-order valence-corrected chi connectivity index (χ2v) is 9.04. The van der Waals surface area contributed by atoms with Crippen LogP contribution in [0.2, 0.25) is 0 Å². The van der Waals surface area contributed by atoms with Crippen molar-refractivity contribution in [3.05, 3.63) is 83.4 Å². The Kier molecular flexibility index (Phi) is 9.51.